The summed E-state index contributed by atoms with van der Waals surface area (Å²) in [6.45, 7) is 6.33. The van der Waals surface area contributed by atoms with Crippen molar-refractivity contribution in [1.82, 2.24) is 15.0 Å². The van der Waals surface area contributed by atoms with E-state index in [4.69, 9.17) is 4.74 Å². The van der Waals surface area contributed by atoms with Gasteiger partial charge in [-0.25, -0.2) is 9.97 Å². The zero-order valence-corrected chi connectivity index (χ0v) is 15.0. The van der Waals surface area contributed by atoms with Crippen molar-refractivity contribution in [1.29, 1.82) is 0 Å². The summed E-state index contributed by atoms with van der Waals surface area (Å²) in [7, 11) is 0. The highest BCUT2D eigenvalue weighted by atomic mass is 16.5. The molecule has 0 saturated carbocycles. The number of carbonyl (C=O) groups is 1. The number of carbonyl (C=O) groups excluding carboxylic acids is 1. The standard InChI is InChI=1S/C18H23N5O3/c1-12-4-3-7-19-16(12)21-15(24)6-5-14-13(2)20-18(22-17(14)25)23-8-10-26-11-9-23/h3-4,7H,5-6,8-11H2,1-2H3,(H,19,21,24)(H,20,22,25). The maximum Gasteiger partial charge on any atom is 0.255 e. The molecule has 1 aliphatic heterocycles. The smallest absolute Gasteiger partial charge is 0.255 e. The van der Waals surface area contributed by atoms with Crippen LogP contribution in [-0.2, 0) is 16.0 Å². The minimum Gasteiger partial charge on any atom is -0.378 e. The summed E-state index contributed by atoms with van der Waals surface area (Å²) in [6, 6.07) is 3.70. The highest BCUT2D eigenvalue weighted by molar-refractivity contribution is 5.90. The lowest BCUT2D eigenvalue weighted by molar-refractivity contribution is -0.116. The van der Waals surface area contributed by atoms with E-state index in [1.54, 1.807) is 13.1 Å². The largest absolute Gasteiger partial charge is 0.378 e. The molecule has 3 heterocycles. The topological polar surface area (TPSA) is 100 Å². The molecule has 0 aliphatic carbocycles. The minimum atomic E-state index is -0.194. The SMILES string of the molecule is Cc1cccnc1NC(=O)CCc1c(C)nc(N2CCOCC2)[nH]c1=O. The first-order valence-electron chi connectivity index (χ1n) is 8.68. The first-order valence-corrected chi connectivity index (χ1v) is 8.68. The number of H-pyrrole nitrogens is 1. The van der Waals surface area contributed by atoms with Crippen molar-refractivity contribution in [3.8, 4) is 0 Å². The minimum absolute atomic E-state index is 0.178. The first kappa shape index (κ1) is 18.1. The summed E-state index contributed by atoms with van der Waals surface area (Å²) < 4.78 is 5.32. The maximum absolute atomic E-state index is 12.4. The predicted molar refractivity (Wildman–Crippen MR) is 98.6 cm³/mol. The van der Waals surface area contributed by atoms with E-state index in [2.05, 4.69) is 20.3 Å². The van der Waals surface area contributed by atoms with Crippen LogP contribution in [0.15, 0.2) is 23.1 Å². The van der Waals surface area contributed by atoms with Crippen LogP contribution >= 0.6 is 0 Å². The van der Waals surface area contributed by atoms with E-state index in [-0.39, 0.29) is 17.9 Å². The fraction of sp³-hybridized carbons (Fsp3) is 0.444. The number of morpholine rings is 1. The third kappa shape index (κ3) is 4.26. The van der Waals surface area contributed by atoms with Gasteiger partial charge in [-0.2, -0.15) is 0 Å². The Kier molecular flexibility index (Phi) is 5.62. The van der Waals surface area contributed by atoms with Gasteiger partial charge in [0.15, 0.2) is 0 Å². The molecule has 1 saturated heterocycles. The Morgan fingerprint density at radius 1 is 1.35 bits per heavy atom. The second-order valence-corrected chi connectivity index (χ2v) is 6.27. The molecule has 2 N–H and O–H groups in total. The Hall–Kier alpha value is -2.74. The summed E-state index contributed by atoms with van der Waals surface area (Å²) in [6.07, 6.45) is 2.15. The molecule has 0 aromatic carbocycles. The van der Waals surface area contributed by atoms with Crippen LogP contribution in [0.25, 0.3) is 0 Å². The second kappa shape index (κ2) is 8.09. The van der Waals surface area contributed by atoms with Crippen LogP contribution in [0.2, 0.25) is 0 Å². The van der Waals surface area contributed by atoms with Crippen molar-refractivity contribution in [2.45, 2.75) is 26.7 Å². The normalized spacial score (nSPS) is 14.3. The van der Waals surface area contributed by atoms with Crippen molar-refractivity contribution in [2.75, 3.05) is 36.5 Å². The number of aromatic nitrogens is 3. The number of anilines is 2. The molecule has 0 unspecified atom stereocenters. The van der Waals surface area contributed by atoms with Gasteiger partial charge in [-0.1, -0.05) is 6.07 Å². The Labute approximate surface area is 151 Å². The molecule has 2 aromatic heterocycles. The molecule has 138 valence electrons. The number of ether oxygens (including phenoxy) is 1. The average molecular weight is 357 g/mol. The summed E-state index contributed by atoms with van der Waals surface area (Å²) >= 11 is 0. The van der Waals surface area contributed by atoms with E-state index in [1.165, 1.54) is 0 Å². The fourth-order valence-electron chi connectivity index (χ4n) is 2.86. The van der Waals surface area contributed by atoms with Crippen LogP contribution in [0.5, 0.6) is 0 Å². The molecule has 1 aliphatic rings. The molecule has 3 rings (SSSR count). The van der Waals surface area contributed by atoms with Crippen LogP contribution in [0, 0.1) is 13.8 Å². The Morgan fingerprint density at radius 2 is 2.12 bits per heavy atom. The number of hydrogen-bond donors (Lipinski definition) is 2. The lowest BCUT2D eigenvalue weighted by atomic mass is 10.1. The Balaban J connectivity index is 1.65. The van der Waals surface area contributed by atoms with E-state index in [1.807, 2.05) is 24.0 Å². The molecule has 0 spiro atoms. The summed E-state index contributed by atoms with van der Waals surface area (Å²) in [4.78, 5) is 38.1. The van der Waals surface area contributed by atoms with Gasteiger partial charge in [0, 0.05) is 37.0 Å². The third-order valence-corrected chi connectivity index (χ3v) is 4.39. The van der Waals surface area contributed by atoms with E-state index >= 15 is 0 Å². The van der Waals surface area contributed by atoms with Crippen molar-refractivity contribution in [3.63, 3.8) is 0 Å². The average Bonchev–Trinajstić information content (AvgIpc) is 2.63. The predicted octanol–water partition coefficient (Wildman–Crippen LogP) is 1.19. The summed E-state index contributed by atoms with van der Waals surface area (Å²) in [5.74, 6) is 0.930. The molecule has 0 radical (unpaired) electrons. The fourth-order valence-corrected chi connectivity index (χ4v) is 2.86. The van der Waals surface area contributed by atoms with E-state index in [0.29, 0.717) is 55.7 Å². The van der Waals surface area contributed by atoms with E-state index in [0.717, 1.165) is 5.56 Å². The summed E-state index contributed by atoms with van der Waals surface area (Å²) in [5.41, 5.74) is 1.89. The maximum atomic E-state index is 12.4. The molecular formula is C18H23N5O3. The van der Waals surface area contributed by atoms with Crippen molar-refractivity contribution in [3.05, 3.63) is 45.5 Å². The highest BCUT2D eigenvalue weighted by Gasteiger charge is 2.17. The number of aryl methyl sites for hydroxylation is 2. The van der Waals surface area contributed by atoms with E-state index in [9.17, 15) is 9.59 Å². The third-order valence-electron chi connectivity index (χ3n) is 4.39. The van der Waals surface area contributed by atoms with Gasteiger partial charge in [0.2, 0.25) is 11.9 Å². The van der Waals surface area contributed by atoms with Crippen LogP contribution < -0.4 is 15.8 Å². The zero-order valence-electron chi connectivity index (χ0n) is 15.0. The van der Waals surface area contributed by atoms with Crippen molar-refractivity contribution in [2.24, 2.45) is 0 Å². The second-order valence-electron chi connectivity index (χ2n) is 6.27. The molecule has 2 aromatic rings. The quantitative estimate of drug-likeness (QED) is 0.834. The molecule has 26 heavy (non-hydrogen) atoms. The number of nitrogens with zero attached hydrogens (tertiary/aromatic N) is 3. The van der Waals surface area contributed by atoms with Crippen LogP contribution in [0.1, 0.15) is 23.2 Å². The monoisotopic (exact) mass is 357 g/mol. The number of pyridine rings is 1. The summed E-state index contributed by atoms with van der Waals surface area (Å²) in [5, 5.41) is 2.78. The van der Waals surface area contributed by atoms with Crippen molar-refractivity contribution >= 4 is 17.7 Å². The van der Waals surface area contributed by atoms with Gasteiger partial charge in [-0.15, -0.1) is 0 Å². The Bertz CT molecular complexity index is 843. The molecule has 8 heteroatoms. The first-order chi connectivity index (χ1) is 12.5. The van der Waals surface area contributed by atoms with Gasteiger partial charge in [-0.05, 0) is 31.9 Å². The van der Waals surface area contributed by atoms with Gasteiger partial charge < -0.3 is 15.0 Å². The van der Waals surface area contributed by atoms with Gasteiger partial charge in [0.05, 0.1) is 13.2 Å². The van der Waals surface area contributed by atoms with Crippen molar-refractivity contribution < 1.29 is 9.53 Å². The van der Waals surface area contributed by atoms with E-state index < -0.39 is 0 Å². The molecule has 0 atom stereocenters. The molecule has 0 bridgehead atoms. The van der Waals surface area contributed by atoms with Gasteiger partial charge in [0.1, 0.15) is 5.82 Å². The number of aromatic amines is 1. The zero-order chi connectivity index (χ0) is 18.5. The Morgan fingerprint density at radius 3 is 2.81 bits per heavy atom. The van der Waals surface area contributed by atoms with Gasteiger partial charge in [-0.3, -0.25) is 14.6 Å². The lowest BCUT2D eigenvalue weighted by Crippen LogP contribution is -2.38. The molecule has 1 fully saturated rings. The van der Waals surface area contributed by atoms with Gasteiger partial charge in [0.25, 0.3) is 5.56 Å². The lowest BCUT2D eigenvalue weighted by Gasteiger charge is -2.27. The number of amides is 1. The number of hydrogen-bond acceptors (Lipinski definition) is 6. The molecule has 8 nitrogen and oxygen atoms in total. The van der Waals surface area contributed by atoms with Gasteiger partial charge >= 0.3 is 0 Å². The van der Waals surface area contributed by atoms with Crippen LogP contribution in [0.3, 0.4) is 0 Å². The number of rotatable bonds is 5. The molecule has 1 amide bonds. The highest BCUT2D eigenvalue weighted by Crippen LogP contribution is 2.13. The van der Waals surface area contributed by atoms with Crippen LogP contribution in [0.4, 0.5) is 11.8 Å². The van der Waals surface area contributed by atoms with Crippen LogP contribution in [-0.4, -0.2) is 47.2 Å². The number of nitrogens with one attached hydrogen (secondary N) is 2. The molecular weight excluding hydrogens is 334 g/mol.